The zero-order valence-corrected chi connectivity index (χ0v) is 15.2. The molecule has 0 aromatic heterocycles. The average molecular weight is 332 g/mol. The minimum Gasteiger partial charge on any atom is -0.366 e. The van der Waals surface area contributed by atoms with E-state index >= 15 is 0 Å². The van der Waals surface area contributed by atoms with Crippen molar-refractivity contribution in [2.75, 3.05) is 13.1 Å². The number of carbonyl (C=O) groups is 2. The van der Waals surface area contributed by atoms with Gasteiger partial charge in [-0.2, -0.15) is 0 Å². The van der Waals surface area contributed by atoms with Crippen LogP contribution in [-0.4, -0.2) is 29.8 Å². The zero-order chi connectivity index (χ0) is 17.8. The minimum absolute atomic E-state index is 0.00565. The molecule has 0 fully saturated rings. The van der Waals surface area contributed by atoms with Gasteiger partial charge in [0.25, 0.3) is 5.91 Å². The lowest BCUT2D eigenvalue weighted by molar-refractivity contribution is 0.0749. The number of nitrogens with zero attached hydrogens (tertiary/aromatic N) is 1. The van der Waals surface area contributed by atoms with Crippen LogP contribution in [0.3, 0.4) is 0 Å². The monoisotopic (exact) mass is 332 g/mol. The number of amides is 2. The van der Waals surface area contributed by atoms with Gasteiger partial charge in [-0.15, -0.1) is 0 Å². The van der Waals surface area contributed by atoms with Gasteiger partial charge in [-0.1, -0.05) is 58.4 Å². The fourth-order valence-corrected chi connectivity index (χ4v) is 2.76. The molecule has 0 heterocycles. The first-order valence-corrected chi connectivity index (χ1v) is 9.29. The number of hydrogen-bond acceptors (Lipinski definition) is 2. The molecule has 1 aromatic rings. The highest BCUT2D eigenvalue weighted by Crippen LogP contribution is 2.12. The van der Waals surface area contributed by atoms with E-state index in [0.717, 1.165) is 38.8 Å². The van der Waals surface area contributed by atoms with Gasteiger partial charge in [-0.05, 0) is 31.0 Å². The summed E-state index contributed by atoms with van der Waals surface area (Å²) in [5, 5.41) is 0. The molecule has 0 atom stereocenters. The number of benzene rings is 1. The standard InChI is InChI=1S/C20H32N2O2/c1-3-5-7-9-14-22(15-10-8-6-4-2)20(24)18-13-11-12-17(16-18)19(21)23/h11-13,16H,3-10,14-15H2,1-2H3,(H2,21,23). The fourth-order valence-electron chi connectivity index (χ4n) is 2.76. The quantitative estimate of drug-likeness (QED) is 0.577. The van der Waals surface area contributed by atoms with Crippen molar-refractivity contribution in [3.05, 3.63) is 35.4 Å². The van der Waals surface area contributed by atoms with Crippen molar-refractivity contribution in [2.45, 2.75) is 65.2 Å². The molecule has 2 N–H and O–H groups in total. The van der Waals surface area contributed by atoms with Crippen molar-refractivity contribution < 1.29 is 9.59 Å². The SMILES string of the molecule is CCCCCCN(CCCCCC)C(=O)c1cccc(C(N)=O)c1. The molecular weight excluding hydrogens is 300 g/mol. The molecule has 4 heteroatoms. The normalized spacial score (nSPS) is 10.6. The molecule has 0 aliphatic carbocycles. The lowest BCUT2D eigenvalue weighted by Gasteiger charge is -2.23. The van der Waals surface area contributed by atoms with Crippen LogP contribution in [0.15, 0.2) is 24.3 Å². The van der Waals surface area contributed by atoms with Crippen molar-refractivity contribution >= 4 is 11.8 Å². The number of primary amides is 1. The van der Waals surface area contributed by atoms with Crippen LogP contribution < -0.4 is 5.73 Å². The average Bonchev–Trinajstić information content (AvgIpc) is 2.60. The van der Waals surface area contributed by atoms with E-state index in [-0.39, 0.29) is 5.91 Å². The summed E-state index contributed by atoms with van der Waals surface area (Å²) in [6, 6.07) is 6.74. The van der Waals surface area contributed by atoms with Crippen molar-refractivity contribution in [1.82, 2.24) is 4.90 Å². The van der Waals surface area contributed by atoms with Gasteiger partial charge < -0.3 is 10.6 Å². The Balaban J connectivity index is 2.73. The maximum Gasteiger partial charge on any atom is 0.253 e. The third-order valence-electron chi connectivity index (χ3n) is 4.24. The predicted molar refractivity (Wildman–Crippen MR) is 99.1 cm³/mol. The van der Waals surface area contributed by atoms with E-state index in [2.05, 4.69) is 13.8 Å². The Hall–Kier alpha value is -1.84. The maximum atomic E-state index is 12.8. The summed E-state index contributed by atoms with van der Waals surface area (Å²) in [6.45, 7) is 5.93. The molecule has 0 aliphatic rings. The summed E-state index contributed by atoms with van der Waals surface area (Å²) in [5.74, 6) is -0.492. The lowest BCUT2D eigenvalue weighted by Crippen LogP contribution is -2.33. The van der Waals surface area contributed by atoms with Crippen molar-refractivity contribution in [2.24, 2.45) is 5.73 Å². The summed E-state index contributed by atoms with van der Waals surface area (Å²) in [7, 11) is 0. The molecule has 0 aliphatic heterocycles. The Bertz CT molecular complexity index is 502. The third kappa shape index (κ3) is 7.16. The van der Waals surface area contributed by atoms with Crippen LogP contribution in [0.4, 0.5) is 0 Å². The summed E-state index contributed by atoms with van der Waals surface area (Å²) >= 11 is 0. The number of rotatable bonds is 12. The van der Waals surface area contributed by atoms with Gasteiger partial charge in [0.15, 0.2) is 0 Å². The molecule has 0 bridgehead atoms. The number of carbonyl (C=O) groups excluding carboxylic acids is 2. The molecule has 4 nitrogen and oxygen atoms in total. The predicted octanol–water partition coefficient (Wildman–Crippen LogP) is 4.39. The van der Waals surface area contributed by atoms with E-state index < -0.39 is 5.91 Å². The summed E-state index contributed by atoms with van der Waals surface area (Å²) in [4.78, 5) is 26.1. The van der Waals surface area contributed by atoms with E-state index in [9.17, 15) is 9.59 Å². The number of unbranched alkanes of at least 4 members (excludes halogenated alkanes) is 6. The molecule has 0 unspecified atom stereocenters. The van der Waals surface area contributed by atoms with Crippen LogP contribution >= 0.6 is 0 Å². The largest absolute Gasteiger partial charge is 0.366 e. The van der Waals surface area contributed by atoms with E-state index in [1.807, 2.05) is 4.90 Å². The van der Waals surface area contributed by atoms with E-state index in [4.69, 9.17) is 5.73 Å². The van der Waals surface area contributed by atoms with Crippen molar-refractivity contribution in [3.63, 3.8) is 0 Å². The molecule has 1 aromatic carbocycles. The second kappa shape index (κ2) is 11.7. The van der Waals surface area contributed by atoms with E-state index in [1.165, 1.54) is 25.7 Å². The van der Waals surface area contributed by atoms with Gasteiger partial charge >= 0.3 is 0 Å². The van der Waals surface area contributed by atoms with Crippen LogP contribution in [0.1, 0.15) is 85.9 Å². The fraction of sp³-hybridized carbons (Fsp3) is 0.600. The van der Waals surface area contributed by atoms with E-state index in [1.54, 1.807) is 24.3 Å². The topological polar surface area (TPSA) is 63.4 Å². The summed E-state index contributed by atoms with van der Waals surface area (Å²) in [6.07, 6.45) is 9.14. The second-order valence-corrected chi connectivity index (χ2v) is 6.36. The summed E-state index contributed by atoms with van der Waals surface area (Å²) < 4.78 is 0. The molecule has 1 rings (SSSR count). The lowest BCUT2D eigenvalue weighted by atomic mass is 10.1. The van der Waals surface area contributed by atoms with Gasteiger partial charge in [0.1, 0.15) is 0 Å². The molecular formula is C20H32N2O2. The first-order valence-electron chi connectivity index (χ1n) is 9.29. The minimum atomic E-state index is -0.498. The van der Waals surface area contributed by atoms with Crippen molar-refractivity contribution in [3.8, 4) is 0 Å². The van der Waals surface area contributed by atoms with Gasteiger partial charge in [0.05, 0.1) is 0 Å². The maximum absolute atomic E-state index is 12.8. The van der Waals surface area contributed by atoms with Gasteiger partial charge in [0, 0.05) is 24.2 Å². The molecule has 0 radical (unpaired) electrons. The molecule has 134 valence electrons. The van der Waals surface area contributed by atoms with Gasteiger partial charge in [0.2, 0.25) is 5.91 Å². The number of nitrogens with two attached hydrogens (primary N) is 1. The second-order valence-electron chi connectivity index (χ2n) is 6.36. The molecule has 2 amide bonds. The molecule has 0 spiro atoms. The highest BCUT2D eigenvalue weighted by molar-refractivity contribution is 5.99. The highest BCUT2D eigenvalue weighted by Gasteiger charge is 2.16. The van der Waals surface area contributed by atoms with E-state index in [0.29, 0.717) is 11.1 Å². The van der Waals surface area contributed by atoms with Gasteiger partial charge in [-0.3, -0.25) is 9.59 Å². The molecule has 0 saturated carbocycles. The third-order valence-corrected chi connectivity index (χ3v) is 4.24. The van der Waals surface area contributed by atoms with Crippen LogP contribution in [-0.2, 0) is 0 Å². The first-order chi connectivity index (χ1) is 11.6. The Morgan fingerprint density at radius 3 is 1.92 bits per heavy atom. The van der Waals surface area contributed by atoms with Crippen LogP contribution in [0, 0.1) is 0 Å². The Morgan fingerprint density at radius 2 is 1.42 bits per heavy atom. The van der Waals surface area contributed by atoms with Crippen molar-refractivity contribution in [1.29, 1.82) is 0 Å². The number of hydrogen-bond donors (Lipinski definition) is 1. The van der Waals surface area contributed by atoms with Crippen LogP contribution in [0.25, 0.3) is 0 Å². The van der Waals surface area contributed by atoms with Crippen LogP contribution in [0.2, 0.25) is 0 Å². The van der Waals surface area contributed by atoms with Crippen LogP contribution in [0.5, 0.6) is 0 Å². The summed E-state index contributed by atoms with van der Waals surface area (Å²) in [5.41, 5.74) is 6.26. The Morgan fingerprint density at radius 1 is 0.875 bits per heavy atom. The zero-order valence-electron chi connectivity index (χ0n) is 15.2. The smallest absolute Gasteiger partial charge is 0.253 e. The Kier molecular flexibility index (Phi) is 9.81. The van der Waals surface area contributed by atoms with Gasteiger partial charge in [-0.25, -0.2) is 0 Å². The Labute approximate surface area is 146 Å². The first kappa shape index (κ1) is 20.2. The highest BCUT2D eigenvalue weighted by atomic mass is 16.2. The molecule has 0 saturated heterocycles. The molecule has 24 heavy (non-hydrogen) atoms.